The number of ether oxygens (including phenoxy) is 2. The van der Waals surface area contributed by atoms with Crippen LogP contribution in [0.3, 0.4) is 0 Å². The third-order valence-corrected chi connectivity index (χ3v) is 4.77. The molecule has 146 valence electrons. The van der Waals surface area contributed by atoms with Gasteiger partial charge in [0.05, 0.1) is 23.9 Å². The van der Waals surface area contributed by atoms with Crippen LogP contribution in [-0.2, 0) is 0 Å². The SMILES string of the molecule is CC[C@@H](C)Oc1c(Cl)cc(C=Nc2ccc(N(CC)CC)cc2)cc1OC. The molecule has 1 atom stereocenters. The van der Waals surface area contributed by atoms with Crippen LogP contribution in [0.5, 0.6) is 11.5 Å². The first-order valence-corrected chi connectivity index (χ1v) is 9.83. The lowest BCUT2D eigenvalue weighted by Crippen LogP contribution is -2.21. The summed E-state index contributed by atoms with van der Waals surface area (Å²) in [6.07, 6.45) is 2.75. The molecule has 0 aliphatic carbocycles. The highest BCUT2D eigenvalue weighted by Gasteiger charge is 2.14. The van der Waals surface area contributed by atoms with Gasteiger partial charge in [0.25, 0.3) is 0 Å². The van der Waals surface area contributed by atoms with Crippen molar-refractivity contribution in [1.29, 1.82) is 0 Å². The number of nitrogens with zero attached hydrogens (tertiary/aromatic N) is 2. The van der Waals surface area contributed by atoms with Gasteiger partial charge in [-0.3, -0.25) is 4.99 Å². The number of hydrogen-bond donors (Lipinski definition) is 0. The Kier molecular flexibility index (Phi) is 7.99. The lowest BCUT2D eigenvalue weighted by Gasteiger charge is -2.20. The van der Waals surface area contributed by atoms with Crippen LogP contribution in [0.4, 0.5) is 11.4 Å². The van der Waals surface area contributed by atoms with Crippen LogP contribution in [-0.4, -0.2) is 32.5 Å². The van der Waals surface area contributed by atoms with Crippen LogP contribution in [0.25, 0.3) is 0 Å². The van der Waals surface area contributed by atoms with Crippen molar-refractivity contribution in [1.82, 2.24) is 0 Å². The summed E-state index contributed by atoms with van der Waals surface area (Å²) in [5.41, 5.74) is 2.96. The molecule has 2 aromatic rings. The molecule has 4 nitrogen and oxygen atoms in total. The van der Waals surface area contributed by atoms with Gasteiger partial charge < -0.3 is 14.4 Å². The molecule has 0 aliphatic rings. The van der Waals surface area contributed by atoms with Gasteiger partial charge in [-0.1, -0.05) is 18.5 Å². The topological polar surface area (TPSA) is 34.1 Å². The third-order valence-electron chi connectivity index (χ3n) is 4.49. The van der Waals surface area contributed by atoms with Gasteiger partial charge in [0, 0.05) is 25.0 Å². The van der Waals surface area contributed by atoms with Gasteiger partial charge in [0.1, 0.15) is 0 Å². The predicted molar refractivity (Wildman–Crippen MR) is 116 cm³/mol. The van der Waals surface area contributed by atoms with Gasteiger partial charge in [0.15, 0.2) is 11.5 Å². The second-order valence-electron chi connectivity index (χ2n) is 6.32. The zero-order valence-electron chi connectivity index (χ0n) is 16.8. The Balaban J connectivity index is 2.20. The molecule has 0 bridgehead atoms. The molecule has 2 aromatic carbocycles. The molecule has 2 rings (SSSR count). The summed E-state index contributed by atoms with van der Waals surface area (Å²) in [6, 6.07) is 12.0. The minimum Gasteiger partial charge on any atom is -0.493 e. The van der Waals surface area contributed by atoms with E-state index in [2.05, 4.69) is 42.8 Å². The molecular weight excluding hydrogens is 360 g/mol. The molecule has 0 aromatic heterocycles. The maximum Gasteiger partial charge on any atom is 0.180 e. The van der Waals surface area contributed by atoms with E-state index < -0.39 is 0 Å². The summed E-state index contributed by atoms with van der Waals surface area (Å²) in [5.74, 6) is 1.19. The van der Waals surface area contributed by atoms with Gasteiger partial charge in [-0.2, -0.15) is 0 Å². The van der Waals surface area contributed by atoms with Gasteiger partial charge in [-0.15, -0.1) is 0 Å². The molecule has 0 N–H and O–H groups in total. The fourth-order valence-corrected chi connectivity index (χ4v) is 2.96. The Morgan fingerprint density at radius 2 is 1.78 bits per heavy atom. The predicted octanol–water partition coefficient (Wildman–Crippen LogP) is 6.12. The van der Waals surface area contributed by atoms with Crippen LogP contribution >= 0.6 is 11.6 Å². The van der Waals surface area contributed by atoms with Crippen molar-refractivity contribution in [3.8, 4) is 11.5 Å². The fraction of sp³-hybridized carbons (Fsp3) is 0.409. The van der Waals surface area contributed by atoms with Gasteiger partial charge in [0.2, 0.25) is 0 Å². The summed E-state index contributed by atoms with van der Waals surface area (Å²) >= 11 is 6.41. The fourth-order valence-electron chi connectivity index (χ4n) is 2.70. The molecule has 5 heteroatoms. The minimum absolute atomic E-state index is 0.0697. The quantitative estimate of drug-likeness (QED) is 0.485. The molecule has 0 heterocycles. The Morgan fingerprint density at radius 1 is 1.11 bits per heavy atom. The molecule has 0 aliphatic heterocycles. The lowest BCUT2D eigenvalue weighted by atomic mass is 10.2. The molecule has 0 saturated carbocycles. The minimum atomic E-state index is 0.0697. The Bertz CT molecular complexity index is 756. The number of methoxy groups -OCH3 is 1. The Hall–Kier alpha value is -2.20. The maximum absolute atomic E-state index is 6.41. The summed E-state index contributed by atoms with van der Waals surface area (Å²) < 4.78 is 11.3. The first-order valence-electron chi connectivity index (χ1n) is 9.45. The molecule has 0 saturated heterocycles. The van der Waals surface area contributed by atoms with Crippen molar-refractivity contribution in [2.45, 2.75) is 40.2 Å². The van der Waals surface area contributed by atoms with Crippen molar-refractivity contribution >= 4 is 29.2 Å². The van der Waals surface area contributed by atoms with E-state index in [4.69, 9.17) is 21.1 Å². The number of aliphatic imine (C=N–C) groups is 1. The highest BCUT2D eigenvalue weighted by atomic mass is 35.5. The van der Waals surface area contributed by atoms with Crippen molar-refractivity contribution < 1.29 is 9.47 Å². The number of halogens is 1. The second kappa shape index (κ2) is 10.2. The van der Waals surface area contributed by atoms with E-state index in [0.29, 0.717) is 16.5 Å². The first kappa shape index (κ1) is 21.1. The van der Waals surface area contributed by atoms with Crippen LogP contribution in [0.2, 0.25) is 5.02 Å². The molecule has 0 spiro atoms. The first-order chi connectivity index (χ1) is 13.0. The average molecular weight is 389 g/mol. The van der Waals surface area contributed by atoms with Crippen molar-refractivity contribution in [3.63, 3.8) is 0 Å². The van der Waals surface area contributed by atoms with Crippen LogP contribution < -0.4 is 14.4 Å². The second-order valence-corrected chi connectivity index (χ2v) is 6.72. The largest absolute Gasteiger partial charge is 0.493 e. The monoisotopic (exact) mass is 388 g/mol. The van der Waals surface area contributed by atoms with E-state index >= 15 is 0 Å². The van der Waals surface area contributed by atoms with Crippen LogP contribution in [0, 0.1) is 0 Å². The molecule has 0 unspecified atom stereocenters. The number of hydrogen-bond acceptors (Lipinski definition) is 4. The van der Waals surface area contributed by atoms with E-state index in [1.54, 1.807) is 13.3 Å². The zero-order chi connectivity index (χ0) is 19.8. The van der Waals surface area contributed by atoms with Crippen LogP contribution in [0.1, 0.15) is 39.7 Å². The highest BCUT2D eigenvalue weighted by Crippen LogP contribution is 2.37. The third kappa shape index (κ3) is 5.64. The standard InChI is InChI=1S/C22H29ClN2O2/c1-6-16(4)27-22-20(23)13-17(14-21(22)26-5)15-24-18-9-11-19(12-10-18)25(7-2)8-3/h9-16H,6-8H2,1-5H3/t16-/m1/s1. The average Bonchev–Trinajstić information content (AvgIpc) is 2.69. The summed E-state index contributed by atoms with van der Waals surface area (Å²) in [6.45, 7) is 10.4. The van der Waals surface area contributed by atoms with E-state index in [1.807, 2.05) is 31.2 Å². The van der Waals surface area contributed by atoms with Crippen molar-refractivity contribution in [2.24, 2.45) is 4.99 Å². The lowest BCUT2D eigenvalue weighted by molar-refractivity contribution is 0.208. The highest BCUT2D eigenvalue weighted by molar-refractivity contribution is 6.32. The van der Waals surface area contributed by atoms with E-state index in [-0.39, 0.29) is 6.10 Å². The number of rotatable bonds is 9. The summed E-state index contributed by atoms with van der Waals surface area (Å²) in [7, 11) is 1.61. The van der Waals surface area contributed by atoms with E-state index in [1.165, 1.54) is 5.69 Å². The molecular formula is C22H29ClN2O2. The van der Waals surface area contributed by atoms with Crippen molar-refractivity contribution in [2.75, 3.05) is 25.1 Å². The normalized spacial score (nSPS) is 12.2. The molecule has 0 radical (unpaired) electrons. The molecule has 27 heavy (non-hydrogen) atoms. The Labute approximate surface area is 167 Å². The van der Waals surface area contributed by atoms with Gasteiger partial charge in [-0.25, -0.2) is 0 Å². The zero-order valence-corrected chi connectivity index (χ0v) is 17.6. The molecule has 0 fully saturated rings. The van der Waals surface area contributed by atoms with E-state index in [0.717, 1.165) is 30.8 Å². The number of benzene rings is 2. The molecule has 0 amide bonds. The van der Waals surface area contributed by atoms with Crippen LogP contribution in [0.15, 0.2) is 41.4 Å². The number of anilines is 1. The Morgan fingerprint density at radius 3 is 2.33 bits per heavy atom. The van der Waals surface area contributed by atoms with Gasteiger partial charge >= 0.3 is 0 Å². The maximum atomic E-state index is 6.41. The summed E-state index contributed by atoms with van der Waals surface area (Å²) in [4.78, 5) is 6.85. The smallest absolute Gasteiger partial charge is 0.180 e. The van der Waals surface area contributed by atoms with Gasteiger partial charge in [-0.05, 0) is 69.2 Å². The summed E-state index contributed by atoms with van der Waals surface area (Å²) in [5, 5.41) is 0.521. The van der Waals surface area contributed by atoms with E-state index in [9.17, 15) is 0 Å². The van der Waals surface area contributed by atoms with Crippen molar-refractivity contribution in [3.05, 3.63) is 47.0 Å².